The van der Waals surface area contributed by atoms with Crippen molar-refractivity contribution in [1.29, 1.82) is 0 Å². The van der Waals surface area contributed by atoms with Gasteiger partial charge in [-0.1, -0.05) is 30.3 Å². The van der Waals surface area contributed by atoms with Crippen molar-refractivity contribution in [3.63, 3.8) is 0 Å². The minimum atomic E-state index is -0.411. The molecule has 0 bridgehead atoms. The van der Waals surface area contributed by atoms with E-state index in [0.717, 1.165) is 45.1 Å². The maximum absolute atomic E-state index is 11.2. The number of ether oxygens (including phenoxy) is 1. The van der Waals surface area contributed by atoms with Crippen LogP contribution in [0.2, 0.25) is 0 Å². The van der Waals surface area contributed by atoms with E-state index in [4.69, 9.17) is 10.5 Å². The normalized spacial score (nSPS) is 16.7. The Hall–Kier alpha value is -2.25. The molecule has 1 fully saturated rings. The SMILES string of the molecule is C[C@H](c1nc(CC(N)=O)nn1CCc1ccccc1)N1CCOCC1. The van der Waals surface area contributed by atoms with Crippen molar-refractivity contribution in [3.8, 4) is 0 Å². The summed E-state index contributed by atoms with van der Waals surface area (Å²) in [6.45, 7) is 6.06. The highest BCUT2D eigenvalue weighted by Crippen LogP contribution is 2.20. The molecule has 1 atom stereocenters. The number of benzene rings is 1. The molecule has 1 aliphatic rings. The standard InChI is InChI=1S/C18H25N5O2/c1-14(22-9-11-25-12-10-22)18-20-17(13-16(19)24)21-23(18)8-7-15-5-3-2-4-6-15/h2-6,14H,7-13H2,1H3,(H2,19,24)/t14-/m1/s1. The number of morpholine rings is 1. The first-order chi connectivity index (χ1) is 12.1. The van der Waals surface area contributed by atoms with Gasteiger partial charge >= 0.3 is 0 Å². The van der Waals surface area contributed by atoms with Gasteiger partial charge in [0, 0.05) is 19.6 Å². The second kappa shape index (κ2) is 8.22. The van der Waals surface area contributed by atoms with Gasteiger partial charge in [-0.3, -0.25) is 9.69 Å². The van der Waals surface area contributed by atoms with Crippen molar-refractivity contribution in [3.05, 3.63) is 47.5 Å². The molecule has 1 amide bonds. The summed E-state index contributed by atoms with van der Waals surface area (Å²) in [5, 5.41) is 4.53. The number of amides is 1. The molecule has 2 aromatic rings. The average Bonchev–Trinajstić information content (AvgIpc) is 3.03. The fourth-order valence-electron chi connectivity index (χ4n) is 3.11. The summed E-state index contributed by atoms with van der Waals surface area (Å²) in [6, 6.07) is 10.4. The molecule has 1 saturated heterocycles. The molecule has 7 nitrogen and oxygen atoms in total. The predicted octanol–water partition coefficient (Wildman–Crippen LogP) is 0.942. The molecular formula is C18H25N5O2. The molecule has 7 heteroatoms. The topological polar surface area (TPSA) is 86.3 Å². The number of hydrogen-bond acceptors (Lipinski definition) is 5. The van der Waals surface area contributed by atoms with Gasteiger partial charge in [0.15, 0.2) is 5.82 Å². The molecule has 2 N–H and O–H groups in total. The van der Waals surface area contributed by atoms with Gasteiger partial charge < -0.3 is 10.5 Å². The third-order valence-electron chi connectivity index (χ3n) is 4.50. The first-order valence-corrected chi connectivity index (χ1v) is 8.71. The smallest absolute Gasteiger partial charge is 0.225 e. The van der Waals surface area contributed by atoms with Gasteiger partial charge in [-0.05, 0) is 18.9 Å². The summed E-state index contributed by atoms with van der Waals surface area (Å²) in [5.74, 6) is 0.968. The second-order valence-corrected chi connectivity index (χ2v) is 6.31. The van der Waals surface area contributed by atoms with Gasteiger partial charge in [0.1, 0.15) is 5.82 Å². The highest BCUT2D eigenvalue weighted by Gasteiger charge is 2.24. The van der Waals surface area contributed by atoms with Crippen LogP contribution in [0.3, 0.4) is 0 Å². The molecule has 0 saturated carbocycles. The van der Waals surface area contributed by atoms with Crippen LogP contribution >= 0.6 is 0 Å². The summed E-state index contributed by atoms with van der Waals surface area (Å²) in [6.07, 6.45) is 0.935. The molecule has 0 radical (unpaired) electrons. The monoisotopic (exact) mass is 343 g/mol. The van der Waals surface area contributed by atoms with Crippen LogP contribution in [0.1, 0.15) is 30.2 Å². The van der Waals surface area contributed by atoms with E-state index >= 15 is 0 Å². The summed E-state index contributed by atoms with van der Waals surface area (Å²) in [7, 11) is 0. The van der Waals surface area contributed by atoms with Crippen molar-refractivity contribution < 1.29 is 9.53 Å². The molecule has 25 heavy (non-hydrogen) atoms. The molecular weight excluding hydrogens is 318 g/mol. The van der Waals surface area contributed by atoms with Crippen LogP contribution < -0.4 is 5.73 Å². The number of nitrogens with zero attached hydrogens (tertiary/aromatic N) is 4. The first-order valence-electron chi connectivity index (χ1n) is 8.71. The number of rotatable bonds is 7. The number of carbonyl (C=O) groups is 1. The van der Waals surface area contributed by atoms with Crippen molar-refractivity contribution in [2.24, 2.45) is 5.73 Å². The maximum Gasteiger partial charge on any atom is 0.225 e. The van der Waals surface area contributed by atoms with Crippen LogP contribution in [0.25, 0.3) is 0 Å². The summed E-state index contributed by atoms with van der Waals surface area (Å²) < 4.78 is 7.36. The molecule has 0 unspecified atom stereocenters. The minimum Gasteiger partial charge on any atom is -0.379 e. The zero-order chi connectivity index (χ0) is 17.6. The molecule has 2 heterocycles. The Morgan fingerprint density at radius 3 is 2.68 bits per heavy atom. The van der Waals surface area contributed by atoms with Crippen LogP contribution in [-0.4, -0.2) is 51.9 Å². The number of hydrogen-bond donors (Lipinski definition) is 1. The van der Waals surface area contributed by atoms with Gasteiger partial charge in [0.25, 0.3) is 0 Å². The molecule has 134 valence electrons. The number of primary amides is 1. The largest absolute Gasteiger partial charge is 0.379 e. The predicted molar refractivity (Wildman–Crippen MR) is 93.9 cm³/mol. The maximum atomic E-state index is 11.2. The molecule has 0 aliphatic carbocycles. The lowest BCUT2D eigenvalue weighted by atomic mass is 10.1. The fourth-order valence-corrected chi connectivity index (χ4v) is 3.11. The summed E-state index contributed by atoms with van der Waals surface area (Å²) in [5.41, 5.74) is 6.56. The molecule has 0 spiro atoms. The molecule has 1 aromatic carbocycles. The minimum absolute atomic E-state index is 0.0706. The molecule has 3 rings (SSSR count). The number of aromatic nitrogens is 3. The van der Waals surface area contributed by atoms with E-state index in [2.05, 4.69) is 34.0 Å². The lowest BCUT2D eigenvalue weighted by Crippen LogP contribution is -2.39. The molecule has 1 aromatic heterocycles. The Kier molecular flexibility index (Phi) is 5.78. The summed E-state index contributed by atoms with van der Waals surface area (Å²) >= 11 is 0. The van der Waals surface area contributed by atoms with Crippen LogP contribution in [-0.2, 0) is 28.9 Å². The average molecular weight is 343 g/mol. The quantitative estimate of drug-likeness (QED) is 0.809. The van der Waals surface area contributed by atoms with Gasteiger partial charge in [0.05, 0.1) is 25.7 Å². The zero-order valence-corrected chi connectivity index (χ0v) is 14.6. The van der Waals surface area contributed by atoms with E-state index in [0.29, 0.717) is 5.82 Å². The number of aryl methyl sites for hydroxylation is 2. The second-order valence-electron chi connectivity index (χ2n) is 6.31. The Labute approximate surface area is 147 Å². The van der Waals surface area contributed by atoms with Crippen molar-refractivity contribution in [2.75, 3.05) is 26.3 Å². The van der Waals surface area contributed by atoms with Crippen LogP contribution in [0.15, 0.2) is 30.3 Å². The van der Waals surface area contributed by atoms with Crippen LogP contribution in [0, 0.1) is 0 Å². The van der Waals surface area contributed by atoms with Gasteiger partial charge in [0.2, 0.25) is 5.91 Å². The van der Waals surface area contributed by atoms with Gasteiger partial charge in [-0.25, -0.2) is 9.67 Å². The third-order valence-corrected chi connectivity index (χ3v) is 4.50. The highest BCUT2D eigenvalue weighted by atomic mass is 16.5. The lowest BCUT2D eigenvalue weighted by Gasteiger charge is -2.31. The Bertz CT molecular complexity index is 695. The van der Waals surface area contributed by atoms with E-state index in [-0.39, 0.29) is 12.5 Å². The van der Waals surface area contributed by atoms with E-state index in [9.17, 15) is 4.79 Å². The number of carbonyl (C=O) groups excluding carboxylic acids is 1. The Morgan fingerprint density at radius 1 is 1.28 bits per heavy atom. The van der Waals surface area contributed by atoms with E-state index in [1.807, 2.05) is 22.9 Å². The summed E-state index contributed by atoms with van der Waals surface area (Å²) in [4.78, 5) is 18.2. The van der Waals surface area contributed by atoms with Crippen LogP contribution in [0.5, 0.6) is 0 Å². The zero-order valence-electron chi connectivity index (χ0n) is 14.6. The fraction of sp³-hybridized carbons (Fsp3) is 0.500. The van der Waals surface area contributed by atoms with E-state index < -0.39 is 5.91 Å². The highest BCUT2D eigenvalue weighted by molar-refractivity contribution is 5.75. The van der Waals surface area contributed by atoms with E-state index in [1.165, 1.54) is 5.56 Å². The van der Waals surface area contributed by atoms with Crippen molar-refractivity contribution in [2.45, 2.75) is 32.4 Å². The Morgan fingerprint density at radius 2 is 2.00 bits per heavy atom. The van der Waals surface area contributed by atoms with Gasteiger partial charge in [-0.2, -0.15) is 5.10 Å². The van der Waals surface area contributed by atoms with Crippen molar-refractivity contribution >= 4 is 5.91 Å². The third kappa shape index (κ3) is 4.64. The Balaban J connectivity index is 1.78. The first kappa shape index (κ1) is 17.6. The van der Waals surface area contributed by atoms with Crippen LogP contribution in [0.4, 0.5) is 0 Å². The lowest BCUT2D eigenvalue weighted by molar-refractivity contribution is -0.117. The number of nitrogens with two attached hydrogens (primary N) is 1. The van der Waals surface area contributed by atoms with Gasteiger partial charge in [-0.15, -0.1) is 0 Å². The molecule has 1 aliphatic heterocycles. The van der Waals surface area contributed by atoms with Crippen molar-refractivity contribution in [1.82, 2.24) is 19.7 Å². The van der Waals surface area contributed by atoms with E-state index in [1.54, 1.807) is 0 Å².